The molecule has 2 aromatic rings. The van der Waals surface area contributed by atoms with Crippen LogP contribution in [0.3, 0.4) is 0 Å². The minimum atomic E-state index is -4.03. The number of carbonyl (C=O) groups is 1. The summed E-state index contributed by atoms with van der Waals surface area (Å²) in [5, 5.41) is 9.70. The lowest BCUT2D eigenvalue weighted by atomic mass is 10.2. The number of benzene rings is 2. The molecule has 0 atom stereocenters. The maximum absolute atomic E-state index is 12.3. The Morgan fingerprint density at radius 1 is 1.09 bits per heavy atom. The maximum atomic E-state index is 12.3. The third-order valence-corrected chi connectivity index (χ3v) is 4.73. The van der Waals surface area contributed by atoms with Gasteiger partial charge < -0.3 is 5.11 Å². The van der Waals surface area contributed by atoms with Gasteiger partial charge >= 0.3 is 5.97 Å². The van der Waals surface area contributed by atoms with E-state index >= 15 is 0 Å². The van der Waals surface area contributed by atoms with Gasteiger partial charge in [0.2, 0.25) is 10.0 Å². The molecule has 2 N–H and O–H groups in total. The van der Waals surface area contributed by atoms with Crippen molar-refractivity contribution in [2.75, 3.05) is 0 Å². The summed E-state index contributed by atoms with van der Waals surface area (Å²) in [6.45, 7) is -0.0194. The van der Waals surface area contributed by atoms with Gasteiger partial charge in [0.05, 0.1) is 10.5 Å². The number of nitrogens with one attached hydrogen (secondary N) is 1. The molecule has 5 nitrogen and oxygen atoms in total. The first-order valence-electron chi connectivity index (χ1n) is 6.06. The molecule has 0 amide bonds. The van der Waals surface area contributed by atoms with Gasteiger partial charge in [-0.1, -0.05) is 35.3 Å². The summed E-state index contributed by atoms with van der Waals surface area (Å²) in [6, 6.07) is 10.2. The first-order chi connectivity index (χ1) is 10.3. The van der Waals surface area contributed by atoms with E-state index in [1.807, 2.05) is 0 Å². The summed E-state index contributed by atoms with van der Waals surface area (Å²) >= 11 is 11.6. The van der Waals surface area contributed by atoms with Crippen molar-refractivity contribution in [1.82, 2.24) is 4.72 Å². The van der Waals surface area contributed by atoms with Crippen LogP contribution in [0.5, 0.6) is 0 Å². The van der Waals surface area contributed by atoms with Crippen LogP contribution >= 0.6 is 23.2 Å². The summed E-state index contributed by atoms with van der Waals surface area (Å²) in [6.07, 6.45) is 0. The van der Waals surface area contributed by atoms with Crippen LogP contribution in [-0.4, -0.2) is 19.5 Å². The molecule has 0 saturated carbocycles. The van der Waals surface area contributed by atoms with Gasteiger partial charge in [-0.05, 0) is 35.9 Å². The van der Waals surface area contributed by atoms with Gasteiger partial charge in [-0.15, -0.1) is 0 Å². The molecule has 0 fully saturated rings. The zero-order chi connectivity index (χ0) is 16.3. The predicted octanol–water partition coefficient (Wildman–Crippen LogP) is 3.17. The number of aromatic carboxylic acids is 1. The van der Waals surface area contributed by atoms with Crippen molar-refractivity contribution in [3.63, 3.8) is 0 Å². The summed E-state index contributed by atoms with van der Waals surface area (Å²) in [5.74, 6) is -1.35. The Bertz CT molecular complexity index is 821. The third-order valence-electron chi connectivity index (χ3n) is 2.82. The molecular weight excluding hydrogens is 349 g/mol. The number of halogens is 2. The SMILES string of the molecule is O=C(O)c1ccc(Cl)cc1S(=O)(=O)NCc1cccc(Cl)c1. The van der Waals surface area contributed by atoms with Crippen LogP contribution in [0.25, 0.3) is 0 Å². The van der Waals surface area contributed by atoms with Crippen LogP contribution < -0.4 is 4.72 Å². The Labute approximate surface area is 137 Å². The lowest BCUT2D eigenvalue weighted by Gasteiger charge is -2.10. The summed E-state index contributed by atoms with van der Waals surface area (Å²) in [7, 11) is -4.03. The molecule has 2 aromatic carbocycles. The van der Waals surface area contributed by atoms with E-state index in [1.165, 1.54) is 6.07 Å². The van der Waals surface area contributed by atoms with Crippen molar-refractivity contribution in [2.24, 2.45) is 0 Å². The molecule has 0 aliphatic rings. The van der Waals surface area contributed by atoms with Crippen molar-refractivity contribution in [3.05, 3.63) is 63.6 Å². The van der Waals surface area contributed by atoms with E-state index in [1.54, 1.807) is 24.3 Å². The number of hydrogen-bond donors (Lipinski definition) is 2. The second kappa shape index (κ2) is 6.66. The minimum absolute atomic E-state index is 0.0194. The second-order valence-corrected chi connectivity index (χ2v) is 7.01. The van der Waals surface area contributed by atoms with Crippen LogP contribution in [0.2, 0.25) is 10.0 Å². The van der Waals surface area contributed by atoms with Crippen molar-refractivity contribution in [1.29, 1.82) is 0 Å². The van der Waals surface area contributed by atoms with E-state index in [2.05, 4.69) is 4.72 Å². The van der Waals surface area contributed by atoms with Crippen LogP contribution in [0.1, 0.15) is 15.9 Å². The quantitative estimate of drug-likeness (QED) is 0.858. The van der Waals surface area contributed by atoms with E-state index in [4.69, 9.17) is 28.3 Å². The smallest absolute Gasteiger partial charge is 0.337 e. The van der Waals surface area contributed by atoms with E-state index < -0.39 is 16.0 Å². The molecular formula is C14H11Cl2NO4S. The highest BCUT2D eigenvalue weighted by Crippen LogP contribution is 2.21. The lowest BCUT2D eigenvalue weighted by molar-refractivity contribution is 0.0692. The molecule has 0 saturated heterocycles. The van der Waals surface area contributed by atoms with Gasteiger partial charge in [-0.2, -0.15) is 0 Å². The Hall–Kier alpha value is -1.60. The van der Waals surface area contributed by atoms with Crippen molar-refractivity contribution >= 4 is 39.2 Å². The van der Waals surface area contributed by atoms with Gasteiger partial charge in [0, 0.05) is 16.6 Å². The topological polar surface area (TPSA) is 83.5 Å². The Balaban J connectivity index is 2.31. The molecule has 0 spiro atoms. The average Bonchev–Trinajstić information content (AvgIpc) is 2.45. The summed E-state index contributed by atoms with van der Waals surface area (Å²) in [4.78, 5) is 10.8. The molecule has 0 aliphatic carbocycles. The molecule has 0 radical (unpaired) electrons. The molecule has 0 bridgehead atoms. The number of sulfonamides is 1. The molecule has 8 heteroatoms. The fraction of sp³-hybridized carbons (Fsp3) is 0.0714. The van der Waals surface area contributed by atoms with Gasteiger partial charge in [0.25, 0.3) is 0 Å². The zero-order valence-electron chi connectivity index (χ0n) is 11.1. The number of rotatable bonds is 5. The van der Waals surface area contributed by atoms with E-state index in [0.717, 1.165) is 12.1 Å². The predicted molar refractivity (Wildman–Crippen MR) is 83.9 cm³/mol. The van der Waals surface area contributed by atoms with Gasteiger partial charge in [-0.3, -0.25) is 0 Å². The molecule has 0 aliphatic heterocycles. The standard InChI is InChI=1S/C14H11Cl2NO4S/c15-10-3-1-2-9(6-10)8-17-22(20,21)13-7-11(16)4-5-12(13)14(18)19/h1-7,17H,8H2,(H,18,19). The first kappa shape index (κ1) is 16.8. The fourth-order valence-corrected chi connectivity index (χ4v) is 3.49. The van der Waals surface area contributed by atoms with Gasteiger partial charge in [-0.25, -0.2) is 17.9 Å². The highest BCUT2D eigenvalue weighted by Gasteiger charge is 2.22. The van der Waals surface area contributed by atoms with E-state index in [-0.39, 0.29) is 22.0 Å². The number of carboxylic acid groups (broad SMARTS) is 1. The van der Waals surface area contributed by atoms with Crippen molar-refractivity contribution < 1.29 is 18.3 Å². The first-order valence-corrected chi connectivity index (χ1v) is 8.30. The maximum Gasteiger partial charge on any atom is 0.337 e. The average molecular weight is 360 g/mol. The fourth-order valence-electron chi connectivity index (χ4n) is 1.80. The number of hydrogen-bond acceptors (Lipinski definition) is 3. The Morgan fingerprint density at radius 3 is 2.41 bits per heavy atom. The third kappa shape index (κ3) is 3.98. The molecule has 22 heavy (non-hydrogen) atoms. The lowest BCUT2D eigenvalue weighted by Crippen LogP contribution is -2.25. The minimum Gasteiger partial charge on any atom is -0.478 e. The second-order valence-electron chi connectivity index (χ2n) is 4.40. The molecule has 0 aromatic heterocycles. The molecule has 0 unspecified atom stereocenters. The number of carboxylic acids is 1. The van der Waals surface area contributed by atoms with Gasteiger partial charge in [0.15, 0.2) is 0 Å². The van der Waals surface area contributed by atoms with Crippen LogP contribution in [0, 0.1) is 0 Å². The van der Waals surface area contributed by atoms with Crippen LogP contribution in [0.4, 0.5) is 0 Å². The van der Waals surface area contributed by atoms with E-state index in [9.17, 15) is 13.2 Å². The van der Waals surface area contributed by atoms with Gasteiger partial charge in [0.1, 0.15) is 0 Å². The van der Waals surface area contributed by atoms with Crippen LogP contribution in [0.15, 0.2) is 47.4 Å². The highest BCUT2D eigenvalue weighted by molar-refractivity contribution is 7.89. The van der Waals surface area contributed by atoms with Crippen LogP contribution in [-0.2, 0) is 16.6 Å². The molecule has 0 heterocycles. The summed E-state index contributed by atoms with van der Waals surface area (Å²) in [5.41, 5.74) is 0.304. The summed E-state index contributed by atoms with van der Waals surface area (Å²) < 4.78 is 26.9. The Kier molecular flexibility index (Phi) is 5.08. The zero-order valence-corrected chi connectivity index (χ0v) is 13.4. The van der Waals surface area contributed by atoms with Crippen molar-refractivity contribution in [3.8, 4) is 0 Å². The van der Waals surface area contributed by atoms with Crippen molar-refractivity contribution in [2.45, 2.75) is 11.4 Å². The monoisotopic (exact) mass is 359 g/mol. The molecule has 116 valence electrons. The molecule has 2 rings (SSSR count). The normalized spacial score (nSPS) is 11.4. The van der Waals surface area contributed by atoms with E-state index in [0.29, 0.717) is 10.6 Å². The highest BCUT2D eigenvalue weighted by atomic mass is 35.5. The Morgan fingerprint density at radius 2 is 1.77 bits per heavy atom. The largest absolute Gasteiger partial charge is 0.478 e.